The maximum atomic E-state index is 5.94. The van der Waals surface area contributed by atoms with Crippen LogP contribution < -0.4 is 10.1 Å². The Bertz CT molecular complexity index is 855. The second kappa shape index (κ2) is 6.90. The van der Waals surface area contributed by atoms with Crippen LogP contribution in [-0.4, -0.2) is 30.0 Å². The molecule has 4 rings (SSSR count). The minimum Gasteiger partial charge on any atom is -0.493 e. The smallest absolute Gasteiger partial charge is 0.176 e. The van der Waals surface area contributed by atoms with Crippen LogP contribution in [0.1, 0.15) is 23.8 Å². The standard InChI is InChI=1S/C19H23N3O3/c1-22-12-15(10-21-22)18-14(6-7-24-18)9-20-11-16-8-13-4-3-5-17(23-2)19(13)25-16/h3-5,8,10,12,14,18,20H,6-7,9,11H2,1-2H3/t14-,18-/m0/s1. The van der Waals surface area contributed by atoms with Gasteiger partial charge in [0.25, 0.3) is 0 Å². The number of ether oxygens (including phenoxy) is 2. The van der Waals surface area contributed by atoms with E-state index in [2.05, 4.69) is 16.5 Å². The van der Waals surface area contributed by atoms with Crippen LogP contribution in [0.25, 0.3) is 11.0 Å². The highest BCUT2D eigenvalue weighted by molar-refractivity contribution is 5.83. The maximum absolute atomic E-state index is 5.94. The minimum atomic E-state index is 0.122. The zero-order valence-corrected chi connectivity index (χ0v) is 14.6. The number of hydrogen-bond donors (Lipinski definition) is 1. The lowest BCUT2D eigenvalue weighted by Crippen LogP contribution is -2.24. The highest BCUT2D eigenvalue weighted by Gasteiger charge is 2.30. The van der Waals surface area contributed by atoms with Crippen LogP contribution in [0.5, 0.6) is 5.75 Å². The Hall–Kier alpha value is -2.31. The number of hydrogen-bond acceptors (Lipinski definition) is 5. The molecule has 1 aromatic carbocycles. The van der Waals surface area contributed by atoms with E-state index in [1.807, 2.05) is 42.3 Å². The van der Waals surface area contributed by atoms with Gasteiger partial charge in [0.2, 0.25) is 0 Å². The molecule has 2 atom stereocenters. The Kier molecular flexibility index (Phi) is 4.46. The number of benzene rings is 1. The average molecular weight is 341 g/mol. The molecule has 0 unspecified atom stereocenters. The molecule has 3 aromatic rings. The van der Waals surface area contributed by atoms with Crippen LogP contribution in [0.2, 0.25) is 0 Å². The molecule has 1 saturated heterocycles. The van der Waals surface area contributed by atoms with Gasteiger partial charge in [-0.15, -0.1) is 0 Å². The molecule has 0 bridgehead atoms. The molecule has 0 aliphatic carbocycles. The molecule has 0 radical (unpaired) electrons. The first-order valence-corrected chi connectivity index (χ1v) is 8.61. The van der Waals surface area contributed by atoms with E-state index in [1.165, 1.54) is 0 Å². The molecule has 0 amide bonds. The number of nitrogens with zero attached hydrogens (tertiary/aromatic N) is 2. The summed E-state index contributed by atoms with van der Waals surface area (Å²) < 4.78 is 19.0. The number of rotatable bonds is 6. The number of furan rings is 1. The van der Waals surface area contributed by atoms with E-state index in [-0.39, 0.29) is 6.10 Å². The highest BCUT2D eigenvalue weighted by atomic mass is 16.5. The summed E-state index contributed by atoms with van der Waals surface area (Å²) in [7, 11) is 3.59. The summed E-state index contributed by atoms with van der Waals surface area (Å²) in [6.07, 6.45) is 5.11. The minimum absolute atomic E-state index is 0.122. The Morgan fingerprint density at radius 1 is 1.40 bits per heavy atom. The Labute approximate surface area is 146 Å². The van der Waals surface area contributed by atoms with Crippen molar-refractivity contribution in [2.45, 2.75) is 19.1 Å². The van der Waals surface area contributed by atoms with Crippen LogP contribution in [-0.2, 0) is 18.3 Å². The first-order chi connectivity index (χ1) is 12.2. The summed E-state index contributed by atoms with van der Waals surface area (Å²) in [6.45, 7) is 2.37. The number of aryl methyl sites for hydroxylation is 1. The zero-order chi connectivity index (χ0) is 17.2. The normalized spacial score (nSPS) is 20.4. The van der Waals surface area contributed by atoms with E-state index < -0.39 is 0 Å². The van der Waals surface area contributed by atoms with Gasteiger partial charge in [-0.3, -0.25) is 4.68 Å². The second-order valence-corrected chi connectivity index (χ2v) is 6.51. The largest absolute Gasteiger partial charge is 0.493 e. The first-order valence-electron chi connectivity index (χ1n) is 8.61. The molecule has 132 valence electrons. The molecule has 3 heterocycles. The monoisotopic (exact) mass is 341 g/mol. The third-order valence-corrected chi connectivity index (χ3v) is 4.75. The van der Waals surface area contributed by atoms with Crippen molar-refractivity contribution in [1.29, 1.82) is 0 Å². The number of fused-ring (bicyclic) bond motifs is 1. The summed E-state index contributed by atoms with van der Waals surface area (Å²) >= 11 is 0. The Morgan fingerprint density at radius 3 is 3.12 bits per heavy atom. The van der Waals surface area contributed by atoms with E-state index in [0.717, 1.165) is 47.6 Å². The predicted octanol–water partition coefficient (Wildman–Crippen LogP) is 3.04. The molecule has 1 fully saturated rings. The molecule has 0 spiro atoms. The fourth-order valence-electron chi connectivity index (χ4n) is 3.52. The fourth-order valence-corrected chi connectivity index (χ4v) is 3.52. The molecular weight excluding hydrogens is 318 g/mol. The van der Waals surface area contributed by atoms with Gasteiger partial charge >= 0.3 is 0 Å². The summed E-state index contributed by atoms with van der Waals surface area (Å²) in [5.41, 5.74) is 1.96. The van der Waals surface area contributed by atoms with Crippen LogP contribution >= 0.6 is 0 Å². The van der Waals surface area contributed by atoms with Crippen molar-refractivity contribution in [3.63, 3.8) is 0 Å². The summed E-state index contributed by atoms with van der Waals surface area (Å²) in [5.74, 6) is 2.13. The Balaban J connectivity index is 1.39. The SMILES string of the molecule is COc1cccc2cc(CNC[C@@H]3CCO[C@@H]3c3cnn(C)c3)oc12. The second-order valence-electron chi connectivity index (χ2n) is 6.51. The average Bonchev–Trinajstić information content (AvgIpc) is 3.33. The van der Waals surface area contributed by atoms with Crippen molar-refractivity contribution in [1.82, 2.24) is 15.1 Å². The van der Waals surface area contributed by atoms with Crippen molar-refractivity contribution < 1.29 is 13.9 Å². The molecule has 1 aliphatic heterocycles. The lowest BCUT2D eigenvalue weighted by atomic mass is 9.97. The Morgan fingerprint density at radius 2 is 2.32 bits per heavy atom. The summed E-state index contributed by atoms with van der Waals surface area (Å²) in [5, 5.41) is 8.82. The molecule has 6 nitrogen and oxygen atoms in total. The molecule has 0 saturated carbocycles. The van der Waals surface area contributed by atoms with Crippen molar-refractivity contribution in [3.8, 4) is 5.75 Å². The summed E-state index contributed by atoms with van der Waals surface area (Å²) in [4.78, 5) is 0. The van der Waals surface area contributed by atoms with Crippen molar-refractivity contribution in [2.75, 3.05) is 20.3 Å². The lowest BCUT2D eigenvalue weighted by Gasteiger charge is -2.17. The van der Waals surface area contributed by atoms with E-state index in [9.17, 15) is 0 Å². The topological polar surface area (TPSA) is 61.4 Å². The van der Waals surface area contributed by atoms with Crippen LogP contribution in [0.15, 0.2) is 41.1 Å². The lowest BCUT2D eigenvalue weighted by molar-refractivity contribution is 0.0903. The zero-order valence-electron chi connectivity index (χ0n) is 14.6. The van der Waals surface area contributed by atoms with Crippen molar-refractivity contribution >= 4 is 11.0 Å². The molecular formula is C19H23N3O3. The van der Waals surface area contributed by atoms with Crippen LogP contribution in [0.3, 0.4) is 0 Å². The molecule has 2 aromatic heterocycles. The quantitative estimate of drug-likeness (QED) is 0.747. The highest BCUT2D eigenvalue weighted by Crippen LogP contribution is 2.34. The molecule has 1 N–H and O–H groups in total. The van der Waals surface area contributed by atoms with Crippen molar-refractivity contribution in [2.24, 2.45) is 13.0 Å². The van der Waals surface area contributed by atoms with E-state index in [0.29, 0.717) is 12.5 Å². The fraction of sp³-hybridized carbons (Fsp3) is 0.421. The number of methoxy groups -OCH3 is 1. The van der Waals surface area contributed by atoms with Crippen LogP contribution in [0, 0.1) is 5.92 Å². The van der Waals surface area contributed by atoms with Gasteiger partial charge in [0.1, 0.15) is 5.76 Å². The predicted molar refractivity (Wildman–Crippen MR) is 94.5 cm³/mol. The third-order valence-electron chi connectivity index (χ3n) is 4.75. The van der Waals surface area contributed by atoms with Gasteiger partial charge in [-0.1, -0.05) is 12.1 Å². The molecule has 25 heavy (non-hydrogen) atoms. The van der Waals surface area contributed by atoms with Gasteiger partial charge < -0.3 is 19.2 Å². The van der Waals surface area contributed by atoms with E-state index >= 15 is 0 Å². The molecule has 6 heteroatoms. The van der Waals surface area contributed by atoms with Crippen LogP contribution in [0.4, 0.5) is 0 Å². The van der Waals surface area contributed by atoms with Gasteiger partial charge in [0, 0.05) is 43.3 Å². The third kappa shape index (κ3) is 3.27. The number of para-hydroxylation sites is 1. The van der Waals surface area contributed by atoms with Gasteiger partial charge in [0.05, 0.1) is 26.0 Å². The van der Waals surface area contributed by atoms with Crippen molar-refractivity contribution in [3.05, 3.63) is 48.0 Å². The van der Waals surface area contributed by atoms with E-state index in [4.69, 9.17) is 13.9 Å². The van der Waals surface area contributed by atoms with Gasteiger partial charge in [-0.05, 0) is 18.6 Å². The number of nitrogens with one attached hydrogen (secondary N) is 1. The maximum Gasteiger partial charge on any atom is 0.176 e. The van der Waals surface area contributed by atoms with Gasteiger partial charge in [-0.2, -0.15) is 5.10 Å². The summed E-state index contributed by atoms with van der Waals surface area (Å²) in [6, 6.07) is 7.99. The first kappa shape index (κ1) is 16.2. The van der Waals surface area contributed by atoms with E-state index in [1.54, 1.807) is 7.11 Å². The van der Waals surface area contributed by atoms with Gasteiger partial charge in [-0.25, -0.2) is 0 Å². The molecule has 1 aliphatic rings. The van der Waals surface area contributed by atoms with Gasteiger partial charge in [0.15, 0.2) is 11.3 Å². The number of aromatic nitrogens is 2.